The number of rotatable bonds is 6. The summed E-state index contributed by atoms with van der Waals surface area (Å²) in [7, 11) is 0. The molecule has 2 aromatic carbocycles. The molecule has 0 aliphatic carbocycles. The van der Waals surface area contributed by atoms with Crippen molar-refractivity contribution in [2.24, 2.45) is 0 Å². The SMILES string of the molecule is C(=C\c1cnc(/C=C/c2ccccc2)cn1)/c1ccccc1.O=C(O)/C=C/c1cccnc1. The summed E-state index contributed by atoms with van der Waals surface area (Å²) in [4.78, 5) is 22.7. The lowest BCUT2D eigenvalue weighted by molar-refractivity contribution is -0.131. The highest BCUT2D eigenvalue weighted by Gasteiger charge is 1.92. The second-order valence-electron chi connectivity index (χ2n) is 6.81. The van der Waals surface area contributed by atoms with Gasteiger partial charge in [0.1, 0.15) is 0 Å². The summed E-state index contributed by atoms with van der Waals surface area (Å²) in [6.07, 6.45) is 17.4. The van der Waals surface area contributed by atoms with Gasteiger partial charge in [0.25, 0.3) is 0 Å². The van der Waals surface area contributed by atoms with Crippen LogP contribution in [0.25, 0.3) is 30.4 Å². The van der Waals surface area contributed by atoms with E-state index in [1.54, 1.807) is 36.9 Å². The molecule has 162 valence electrons. The molecule has 0 amide bonds. The van der Waals surface area contributed by atoms with Crippen molar-refractivity contribution in [2.45, 2.75) is 0 Å². The maximum atomic E-state index is 10.1. The molecule has 0 spiro atoms. The molecule has 1 N–H and O–H groups in total. The number of hydrogen-bond acceptors (Lipinski definition) is 4. The van der Waals surface area contributed by atoms with Crippen molar-refractivity contribution >= 4 is 36.3 Å². The van der Waals surface area contributed by atoms with Crippen molar-refractivity contribution in [2.75, 3.05) is 0 Å². The molecule has 4 aromatic rings. The van der Waals surface area contributed by atoms with Crippen LogP contribution in [0.5, 0.6) is 0 Å². The third kappa shape index (κ3) is 8.94. The Bertz CT molecular complexity index is 1130. The highest BCUT2D eigenvalue weighted by atomic mass is 16.4. The van der Waals surface area contributed by atoms with E-state index in [0.29, 0.717) is 0 Å². The predicted octanol–water partition coefficient (Wildman–Crippen LogP) is 6.00. The average Bonchev–Trinajstić information content (AvgIpc) is 2.88. The van der Waals surface area contributed by atoms with Crippen LogP contribution >= 0.6 is 0 Å². The minimum Gasteiger partial charge on any atom is -0.478 e. The summed E-state index contributed by atoms with van der Waals surface area (Å²) >= 11 is 0. The first-order valence-electron chi connectivity index (χ1n) is 10.3. The summed E-state index contributed by atoms with van der Waals surface area (Å²) in [5.41, 5.74) is 4.78. The van der Waals surface area contributed by atoms with Crippen LogP contribution in [0.1, 0.15) is 28.1 Å². The molecule has 0 aliphatic rings. The van der Waals surface area contributed by atoms with Crippen LogP contribution in [-0.4, -0.2) is 26.0 Å². The molecule has 0 bridgehead atoms. The topological polar surface area (TPSA) is 76.0 Å². The zero-order valence-corrected chi connectivity index (χ0v) is 17.9. The zero-order valence-electron chi connectivity index (χ0n) is 17.9. The molecule has 0 saturated heterocycles. The van der Waals surface area contributed by atoms with Gasteiger partial charge in [0.15, 0.2) is 0 Å². The Morgan fingerprint density at radius 1 is 0.606 bits per heavy atom. The number of carboxylic acid groups (broad SMARTS) is 1. The lowest BCUT2D eigenvalue weighted by Gasteiger charge is -1.96. The van der Waals surface area contributed by atoms with Gasteiger partial charge in [-0.15, -0.1) is 0 Å². The van der Waals surface area contributed by atoms with Crippen LogP contribution in [0.15, 0.2) is 104 Å². The first-order chi connectivity index (χ1) is 16.2. The molecule has 0 fully saturated rings. The van der Waals surface area contributed by atoms with Crippen molar-refractivity contribution in [3.05, 3.63) is 132 Å². The first kappa shape index (κ1) is 23.0. The average molecular weight is 434 g/mol. The van der Waals surface area contributed by atoms with Gasteiger partial charge in [-0.25, -0.2) is 4.79 Å². The zero-order chi connectivity index (χ0) is 23.1. The van der Waals surface area contributed by atoms with E-state index in [2.05, 4.69) is 39.2 Å². The molecule has 2 heterocycles. The van der Waals surface area contributed by atoms with Gasteiger partial charge in [-0.05, 0) is 41.0 Å². The van der Waals surface area contributed by atoms with Crippen molar-refractivity contribution in [1.82, 2.24) is 15.0 Å². The number of carboxylic acids is 1. The highest BCUT2D eigenvalue weighted by Crippen LogP contribution is 2.08. The number of aliphatic carboxylic acids is 1. The van der Waals surface area contributed by atoms with E-state index in [1.165, 1.54) is 6.08 Å². The summed E-state index contributed by atoms with van der Waals surface area (Å²) in [6, 6.07) is 23.8. The Labute approximate surface area is 193 Å². The van der Waals surface area contributed by atoms with Crippen molar-refractivity contribution in [1.29, 1.82) is 0 Å². The predicted molar refractivity (Wildman–Crippen MR) is 134 cm³/mol. The third-order valence-electron chi connectivity index (χ3n) is 4.29. The number of nitrogens with zero attached hydrogens (tertiary/aromatic N) is 3. The van der Waals surface area contributed by atoms with Crippen LogP contribution in [0.2, 0.25) is 0 Å². The molecule has 0 unspecified atom stereocenters. The lowest BCUT2D eigenvalue weighted by atomic mass is 10.2. The maximum absolute atomic E-state index is 10.1. The Morgan fingerprint density at radius 3 is 1.55 bits per heavy atom. The Balaban J connectivity index is 0.000000235. The fourth-order valence-electron chi connectivity index (χ4n) is 2.65. The summed E-state index contributed by atoms with van der Waals surface area (Å²) in [6.45, 7) is 0. The van der Waals surface area contributed by atoms with Gasteiger partial charge in [-0.3, -0.25) is 15.0 Å². The molecule has 5 nitrogen and oxygen atoms in total. The number of pyridine rings is 1. The van der Waals surface area contributed by atoms with Crippen LogP contribution < -0.4 is 0 Å². The van der Waals surface area contributed by atoms with E-state index in [1.807, 2.05) is 60.7 Å². The van der Waals surface area contributed by atoms with Crippen molar-refractivity contribution < 1.29 is 9.90 Å². The van der Waals surface area contributed by atoms with Crippen LogP contribution in [0.4, 0.5) is 0 Å². The van der Waals surface area contributed by atoms with E-state index in [4.69, 9.17) is 5.11 Å². The van der Waals surface area contributed by atoms with Gasteiger partial charge in [-0.1, -0.05) is 78.9 Å². The van der Waals surface area contributed by atoms with Crippen molar-refractivity contribution in [3.63, 3.8) is 0 Å². The first-order valence-corrected chi connectivity index (χ1v) is 10.3. The van der Waals surface area contributed by atoms with Crippen molar-refractivity contribution in [3.8, 4) is 0 Å². The van der Waals surface area contributed by atoms with E-state index in [0.717, 1.165) is 34.2 Å². The Hall–Kier alpha value is -4.64. The van der Waals surface area contributed by atoms with Gasteiger partial charge in [0.05, 0.1) is 23.8 Å². The quantitative estimate of drug-likeness (QED) is 0.378. The number of benzene rings is 2. The van der Waals surface area contributed by atoms with Crippen LogP contribution in [-0.2, 0) is 4.79 Å². The fraction of sp³-hybridized carbons (Fsp3) is 0. The molecule has 0 saturated carbocycles. The van der Waals surface area contributed by atoms with Gasteiger partial charge < -0.3 is 5.11 Å². The lowest BCUT2D eigenvalue weighted by Crippen LogP contribution is -1.86. The largest absolute Gasteiger partial charge is 0.478 e. The van der Waals surface area contributed by atoms with Crippen LogP contribution in [0.3, 0.4) is 0 Å². The normalized spacial score (nSPS) is 10.9. The molecule has 0 atom stereocenters. The van der Waals surface area contributed by atoms with E-state index in [-0.39, 0.29) is 0 Å². The molecular weight excluding hydrogens is 410 g/mol. The molecule has 33 heavy (non-hydrogen) atoms. The van der Waals surface area contributed by atoms with E-state index >= 15 is 0 Å². The molecule has 2 aromatic heterocycles. The monoisotopic (exact) mass is 433 g/mol. The molecular formula is C28H23N3O2. The second kappa shape index (κ2) is 12.9. The maximum Gasteiger partial charge on any atom is 0.328 e. The molecule has 5 heteroatoms. The number of hydrogen-bond donors (Lipinski definition) is 1. The smallest absolute Gasteiger partial charge is 0.328 e. The minimum absolute atomic E-state index is 0.787. The number of carbonyl (C=O) groups is 1. The summed E-state index contributed by atoms with van der Waals surface area (Å²) in [5.74, 6) is -0.950. The third-order valence-corrected chi connectivity index (χ3v) is 4.29. The number of aromatic nitrogens is 3. The van der Waals surface area contributed by atoms with E-state index < -0.39 is 5.97 Å². The standard InChI is InChI=1S/C20H16N2.C8H7NO2/c1-3-7-17(8-4-1)11-13-19-15-22-20(16-21-19)14-12-18-9-5-2-6-10-18;10-8(11)4-3-7-2-1-5-9-6-7/h1-16H;1-6H,(H,10,11)/b13-11+,14-12+;4-3+. The van der Waals surface area contributed by atoms with E-state index in [9.17, 15) is 4.79 Å². The Kier molecular flexibility index (Phi) is 9.02. The van der Waals surface area contributed by atoms with Gasteiger partial charge in [0, 0.05) is 18.5 Å². The second-order valence-corrected chi connectivity index (χ2v) is 6.81. The van der Waals surface area contributed by atoms with Gasteiger partial charge in [0.2, 0.25) is 0 Å². The minimum atomic E-state index is -0.950. The molecule has 0 radical (unpaired) electrons. The molecule has 4 rings (SSSR count). The molecule has 0 aliphatic heterocycles. The summed E-state index contributed by atoms with van der Waals surface area (Å²) < 4.78 is 0. The summed E-state index contributed by atoms with van der Waals surface area (Å²) in [5, 5.41) is 8.27. The highest BCUT2D eigenvalue weighted by molar-refractivity contribution is 5.85. The Morgan fingerprint density at radius 2 is 1.12 bits per heavy atom. The van der Waals surface area contributed by atoms with Gasteiger partial charge >= 0.3 is 5.97 Å². The fourth-order valence-corrected chi connectivity index (χ4v) is 2.65. The van der Waals surface area contributed by atoms with Gasteiger partial charge in [-0.2, -0.15) is 0 Å². The van der Waals surface area contributed by atoms with Crippen LogP contribution in [0, 0.1) is 0 Å².